The molecule has 1 aromatic rings. The normalized spacial score (nSPS) is 12.2. The van der Waals surface area contributed by atoms with E-state index in [9.17, 15) is 8.42 Å². The van der Waals surface area contributed by atoms with Crippen LogP contribution in [0.3, 0.4) is 0 Å². The number of hydrogen-bond donors (Lipinski definition) is 2. The van der Waals surface area contributed by atoms with Crippen molar-refractivity contribution in [2.24, 2.45) is 0 Å². The molecule has 0 saturated carbocycles. The molecule has 6 nitrogen and oxygen atoms in total. The van der Waals surface area contributed by atoms with Crippen LogP contribution in [-0.2, 0) is 16.6 Å². The second kappa shape index (κ2) is 7.64. The van der Waals surface area contributed by atoms with E-state index in [0.29, 0.717) is 25.4 Å². The molecule has 0 bridgehead atoms. The Bertz CT molecular complexity index is 470. The average Bonchev–Trinajstić information content (AvgIpc) is 2.85. The number of nitrogens with one attached hydrogen (secondary N) is 2. The van der Waals surface area contributed by atoms with E-state index < -0.39 is 10.0 Å². The first-order valence-corrected chi connectivity index (χ1v) is 7.95. The van der Waals surface area contributed by atoms with Gasteiger partial charge in [0.1, 0.15) is 5.76 Å². The zero-order valence-corrected chi connectivity index (χ0v) is 12.6. The molecule has 0 aliphatic carbocycles. The first kappa shape index (κ1) is 16.2. The highest BCUT2D eigenvalue weighted by Crippen LogP contribution is 2.13. The molecule has 0 aromatic carbocycles. The summed E-state index contributed by atoms with van der Waals surface area (Å²) in [6.07, 6.45) is 0. The molecule has 19 heavy (non-hydrogen) atoms. The molecule has 0 amide bonds. The number of sulfonamides is 1. The molecule has 1 heterocycles. The monoisotopic (exact) mass is 289 g/mol. The van der Waals surface area contributed by atoms with Crippen molar-refractivity contribution in [1.82, 2.24) is 14.9 Å². The Hall–Kier alpha value is -0.890. The van der Waals surface area contributed by atoms with Gasteiger partial charge in [-0.25, -0.2) is 13.1 Å². The van der Waals surface area contributed by atoms with Crippen molar-refractivity contribution in [1.29, 1.82) is 0 Å². The molecule has 0 fully saturated rings. The maximum absolute atomic E-state index is 11.9. The fourth-order valence-corrected chi connectivity index (χ4v) is 2.41. The van der Waals surface area contributed by atoms with Gasteiger partial charge in [-0.2, -0.15) is 0 Å². The lowest BCUT2D eigenvalue weighted by atomic mass is 10.4. The highest BCUT2D eigenvalue weighted by Gasteiger charge is 2.18. The number of furan rings is 1. The van der Waals surface area contributed by atoms with Crippen molar-refractivity contribution in [2.45, 2.75) is 25.5 Å². The van der Waals surface area contributed by atoms with Gasteiger partial charge < -0.3 is 14.6 Å². The molecular formula is C12H23N3O3S. The topological polar surface area (TPSA) is 74.6 Å². The standard InChI is InChI=1S/C12H23N3O3S/c1-4-13-10-11-6-7-12(18-11)19(16,17)14-8-9-15(3)5-2/h6-7,13-14H,4-5,8-10H2,1-3H3. The van der Waals surface area contributed by atoms with Crippen LogP contribution in [-0.4, -0.2) is 46.5 Å². The van der Waals surface area contributed by atoms with E-state index in [1.165, 1.54) is 6.07 Å². The molecule has 2 N–H and O–H groups in total. The lowest BCUT2D eigenvalue weighted by Gasteiger charge is -2.13. The fourth-order valence-electron chi connectivity index (χ4n) is 1.45. The van der Waals surface area contributed by atoms with Crippen LogP contribution in [0.1, 0.15) is 19.6 Å². The molecule has 0 unspecified atom stereocenters. The molecule has 0 spiro atoms. The number of likely N-dealkylation sites (N-methyl/N-ethyl adjacent to an activating group) is 1. The van der Waals surface area contributed by atoms with Crippen LogP contribution in [0.2, 0.25) is 0 Å². The van der Waals surface area contributed by atoms with E-state index in [1.54, 1.807) is 6.07 Å². The van der Waals surface area contributed by atoms with Crippen molar-refractivity contribution in [3.05, 3.63) is 17.9 Å². The van der Waals surface area contributed by atoms with Crippen LogP contribution < -0.4 is 10.0 Å². The van der Waals surface area contributed by atoms with E-state index in [-0.39, 0.29) is 5.09 Å². The number of nitrogens with zero attached hydrogens (tertiary/aromatic N) is 1. The molecule has 0 saturated heterocycles. The third-order valence-corrected chi connectivity index (χ3v) is 4.11. The summed E-state index contributed by atoms with van der Waals surface area (Å²) in [5.74, 6) is 0.618. The lowest BCUT2D eigenvalue weighted by molar-refractivity contribution is 0.355. The molecule has 0 radical (unpaired) electrons. The van der Waals surface area contributed by atoms with Gasteiger partial charge >= 0.3 is 0 Å². The zero-order chi connectivity index (χ0) is 14.3. The van der Waals surface area contributed by atoms with Crippen LogP contribution in [0.25, 0.3) is 0 Å². The van der Waals surface area contributed by atoms with Gasteiger partial charge in [-0.05, 0) is 32.3 Å². The molecule has 1 aromatic heterocycles. The van der Waals surface area contributed by atoms with Crippen LogP contribution in [0.5, 0.6) is 0 Å². The lowest BCUT2D eigenvalue weighted by Crippen LogP contribution is -2.32. The van der Waals surface area contributed by atoms with E-state index in [2.05, 4.69) is 10.0 Å². The maximum atomic E-state index is 11.9. The summed E-state index contributed by atoms with van der Waals surface area (Å²) in [6, 6.07) is 3.16. The van der Waals surface area contributed by atoms with Crippen molar-refractivity contribution < 1.29 is 12.8 Å². The van der Waals surface area contributed by atoms with Gasteiger partial charge in [-0.3, -0.25) is 0 Å². The predicted octanol–water partition coefficient (Wildman–Crippen LogP) is 0.619. The highest BCUT2D eigenvalue weighted by atomic mass is 32.2. The third-order valence-electron chi connectivity index (χ3n) is 2.78. The van der Waals surface area contributed by atoms with Gasteiger partial charge in [-0.1, -0.05) is 13.8 Å². The van der Waals surface area contributed by atoms with Crippen molar-refractivity contribution in [3.63, 3.8) is 0 Å². The highest BCUT2D eigenvalue weighted by molar-refractivity contribution is 7.89. The minimum Gasteiger partial charge on any atom is -0.447 e. The van der Waals surface area contributed by atoms with Crippen molar-refractivity contribution in [2.75, 3.05) is 33.2 Å². The minimum atomic E-state index is -3.54. The molecule has 0 atom stereocenters. The first-order chi connectivity index (χ1) is 8.99. The van der Waals surface area contributed by atoms with Crippen molar-refractivity contribution >= 4 is 10.0 Å². The van der Waals surface area contributed by atoms with Crippen LogP contribution in [0.4, 0.5) is 0 Å². The summed E-state index contributed by atoms with van der Waals surface area (Å²) in [7, 11) is -1.60. The third kappa shape index (κ3) is 5.32. The minimum absolute atomic E-state index is 0.0282. The maximum Gasteiger partial charge on any atom is 0.274 e. The summed E-state index contributed by atoms with van der Waals surface area (Å²) in [6.45, 7) is 7.27. The quantitative estimate of drug-likeness (QED) is 0.697. The van der Waals surface area contributed by atoms with Crippen molar-refractivity contribution in [3.8, 4) is 0 Å². The zero-order valence-electron chi connectivity index (χ0n) is 11.8. The average molecular weight is 289 g/mol. The van der Waals surface area contributed by atoms with Crippen LogP contribution in [0, 0.1) is 0 Å². The molecule has 0 aliphatic rings. The van der Waals surface area contributed by atoms with Gasteiger partial charge in [-0.15, -0.1) is 0 Å². The summed E-state index contributed by atoms with van der Waals surface area (Å²) in [5.41, 5.74) is 0. The smallest absolute Gasteiger partial charge is 0.274 e. The predicted molar refractivity (Wildman–Crippen MR) is 74.4 cm³/mol. The van der Waals surface area contributed by atoms with E-state index in [4.69, 9.17) is 4.42 Å². The Kier molecular flexibility index (Phi) is 6.50. The molecule has 1 rings (SSSR count). The van der Waals surface area contributed by atoms with E-state index in [0.717, 1.165) is 13.1 Å². The molecule has 7 heteroatoms. The van der Waals surface area contributed by atoms with E-state index >= 15 is 0 Å². The Morgan fingerprint density at radius 1 is 1.32 bits per heavy atom. The largest absolute Gasteiger partial charge is 0.447 e. The Balaban J connectivity index is 2.54. The number of rotatable bonds is 9. The molecular weight excluding hydrogens is 266 g/mol. The van der Waals surface area contributed by atoms with Gasteiger partial charge in [0.2, 0.25) is 5.09 Å². The fraction of sp³-hybridized carbons (Fsp3) is 0.667. The van der Waals surface area contributed by atoms with Gasteiger partial charge in [0.15, 0.2) is 0 Å². The van der Waals surface area contributed by atoms with Gasteiger partial charge in [0.05, 0.1) is 6.54 Å². The van der Waals surface area contributed by atoms with Crippen LogP contribution >= 0.6 is 0 Å². The van der Waals surface area contributed by atoms with Crippen LogP contribution in [0.15, 0.2) is 21.6 Å². The number of hydrogen-bond acceptors (Lipinski definition) is 5. The molecule has 110 valence electrons. The Labute approximate surface area is 115 Å². The Morgan fingerprint density at radius 3 is 2.68 bits per heavy atom. The summed E-state index contributed by atoms with van der Waals surface area (Å²) < 4.78 is 31.7. The van der Waals surface area contributed by atoms with E-state index in [1.807, 2.05) is 25.8 Å². The molecule has 0 aliphatic heterocycles. The summed E-state index contributed by atoms with van der Waals surface area (Å²) >= 11 is 0. The van der Waals surface area contributed by atoms with Gasteiger partial charge in [0, 0.05) is 13.1 Å². The van der Waals surface area contributed by atoms with Gasteiger partial charge in [0.25, 0.3) is 10.0 Å². The summed E-state index contributed by atoms with van der Waals surface area (Å²) in [4.78, 5) is 2.03. The second-order valence-electron chi connectivity index (χ2n) is 4.29. The Morgan fingerprint density at radius 2 is 2.05 bits per heavy atom. The first-order valence-electron chi connectivity index (χ1n) is 6.47. The SMILES string of the molecule is CCNCc1ccc(S(=O)(=O)NCCN(C)CC)o1. The second-order valence-corrected chi connectivity index (χ2v) is 5.99. The summed E-state index contributed by atoms with van der Waals surface area (Å²) in [5, 5.41) is 3.05.